The molecular weight excluding hydrogens is 232 g/mol. The second-order valence-corrected chi connectivity index (χ2v) is 5.33. The van der Waals surface area contributed by atoms with Crippen LogP contribution in [-0.2, 0) is 17.8 Å². The summed E-state index contributed by atoms with van der Waals surface area (Å²) in [6, 6.07) is 2.16. The predicted octanol–water partition coefficient (Wildman–Crippen LogP) is 1.83. The molecule has 1 heterocycles. The maximum absolute atomic E-state index is 11.9. The summed E-state index contributed by atoms with van der Waals surface area (Å²) < 4.78 is 0. The number of hydrogen-bond donors (Lipinski definition) is 2. The van der Waals surface area contributed by atoms with Gasteiger partial charge in [0.25, 0.3) is 0 Å². The number of aryl methyl sites for hydroxylation is 1. The van der Waals surface area contributed by atoms with Crippen molar-refractivity contribution in [3.8, 4) is 0 Å². The first kappa shape index (κ1) is 12.3. The largest absolute Gasteiger partial charge is 0.351 e. The van der Waals surface area contributed by atoms with Crippen LogP contribution in [0.2, 0.25) is 0 Å². The van der Waals surface area contributed by atoms with E-state index in [1.165, 1.54) is 10.4 Å². The molecule has 1 aliphatic rings. The number of rotatable bonds is 4. The van der Waals surface area contributed by atoms with Crippen molar-refractivity contribution in [1.29, 1.82) is 0 Å². The quantitative estimate of drug-likeness (QED) is 0.801. The molecule has 0 spiro atoms. The van der Waals surface area contributed by atoms with Gasteiger partial charge in [-0.2, -0.15) is 0 Å². The van der Waals surface area contributed by atoms with E-state index in [4.69, 9.17) is 5.73 Å². The lowest BCUT2D eigenvalue weighted by atomic mass is 10.1. The molecule has 92 valence electrons. The number of amides is 1. The summed E-state index contributed by atoms with van der Waals surface area (Å²) in [6.07, 6.45) is 5.57. The highest BCUT2D eigenvalue weighted by atomic mass is 32.1. The van der Waals surface area contributed by atoms with Crippen LogP contribution in [0.15, 0.2) is 23.6 Å². The van der Waals surface area contributed by atoms with Gasteiger partial charge in [-0.1, -0.05) is 19.1 Å². The van der Waals surface area contributed by atoms with Gasteiger partial charge in [0.1, 0.15) is 0 Å². The van der Waals surface area contributed by atoms with E-state index in [9.17, 15) is 4.79 Å². The molecule has 2 rings (SSSR count). The molecule has 0 radical (unpaired) electrons. The Morgan fingerprint density at radius 1 is 1.59 bits per heavy atom. The van der Waals surface area contributed by atoms with Gasteiger partial charge in [-0.05, 0) is 29.9 Å². The highest BCUT2D eigenvalue weighted by Crippen LogP contribution is 2.19. The molecule has 0 saturated heterocycles. The Labute approximate surface area is 106 Å². The minimum absolute atomic E-state index is 0.0405. The van der Waals surface area contributed by atoms with E-state index in [1.54, 1.807) is 11.3 Å². The average molecular weight is 250 g/mol. The standard InChI is InChI=1S/C13H18N2OS/c1-2-9-5-6-17-12(9)8-15-13(16)10-3-4-11(14)7-10/h3-6,10-11H,2,7-8,14H2,1H3,(H,15,16). The highest BCUT2D eigenvalue weighted by molar-refractivity contribution is 7.10. The van der Waals surface area contributed by atoms with Gasteiger partial charge in [0.2, 0.25) is 5.91 Å². The third-order valence-corrected chi connectivity index (χ3v) is 4.06. The van der Waals surface area contributed by atoms with E-state index in [0.717, 1.165) is 12.8 Å². The summed E-state index contributed by atoms with van der Waals surface area (Å²) in [7, 11) is 0. The Bertz CT molecular complexity index is 425. The molecule has 4 heteroatoms. The number of nitrogens with two attached hydrogens (primary N) is 1. The zero-order valence-corrected chi connectivity index (χ0v) is 10.8. The summed E-state index contributed by atoms with van der Waals surface area (Å²) in [5, 5.41) is 5.06. The molecule has 3 N–H and O–H groups in total. The number of carbonyl (C=O) groups excluding carboxylic acids is 1. The van der Waals surface area contributed by atoms with E-state index in [0.29, 0.717) is 6.54 Å². The molecule has 1 aromatic rings. The summed E-state index contributed by atoms with van der Waals surface area (Å²) in [6.45, 7) is 2.77. The topological polar surface area (TPSA) is 55.1 Å². The van der Waals surface area contributed by atoms with Crippen LogP contribution in [0.4, 0.5) is 0 Å². The van der Waals surface area contributed by atoms with Gasteiger partial charge in [0.15, 0.2) is 0 Å². The molecule has 0 bridgehead atoms. The Hall–Kier alpha value is -1.13. The first-order valence-corrected chi connectivity index (χ1v) is 6.85. The second-order valence-electron chi connectivity index (χ2n) is 4.33. The van der Waals surface area contributed by atoms with Crippen LogP contribution in [0.25, 0.3) is 0 Å². The van der Waals surface area contributed by atoms with Crippen molar-refractivity contribution in [2.45, 2.75) is 32.4 Å². The van der Waals surface area contributed by atoms with Crippen molar-refractivity contribution >= 4 is 17.2 Å². The van der Waals surface area contributed by atoms with Crippen LogP contribution in [0, 0.1) is 5.92 Å². The van der Waals surface area contributed by atoms with Gasteiger partial charge < -0.3 is 11.1 Å². The van der Waals surface area contributed by atoms with Crippen molar-refractivity contribution in [1.82, 2.24) is 5.32 Å². The number of nitrogens with one attached hydrogen (secondary N) is 1. The second kappa shape index (κ2) is 5.47. The number of hydrogen-bond acceptors (Lipinski definition) is 3. The first-order valence-electron chi connectivity index (χ1n) is 5.97. The van der Waals surface area contributed by atoms with Crippen molar-refractivity contribution in [2.24, 2.45) is 11.7 Å². The normalized spacial score (nSPS) is 22.9. The lowest BCUT2D eigenvalue weighted by Gasteiger charge is -2.10. The molecule has 2 atom stereocenters. The maximum Gasteiger partial charge on any atom is 0.227 e. The number of carbonyl (C=O) groups is 1. The zero-order chi connectivity index (χ0) is 12.3. The third kappa shape index (κ3) is 2.96. The monoisotopic (exact) mass is 250 g/mol. The summed E-state index contributed by atoms with van der Waals surface area (Å²) >= 11 is 1.70. The Morgan fingerprint density at radius 2 is 2.41 bits per heavy atom. The lowest BCUT2D eigenvalue weighted by molar-refractivity contribution is -0.123. The number of thiophene rings is 1. The molecule has 0 aliphatic heterocycles. The first-order chi connectivity index (χ1) is 8.20. The fourth-order valence-electron chi connectivity index (χ4n) is 2.06. The molecule has 0 fully saturated rings. The van der Waals surface area contributed by atoms with Crippen LogP contribution in [0.3, 0.4) is 0 Å². The summed E-state index contributed by atoms with van der Waals surface area (Å²) in [5.41, 5.74) is 7.06. The van der Waals surface area contributed by atoms with E-state index in [2.05, 4.69) is 23.7 Å². The molecule has 1 amide bonds. The van der Waals surface area contributed by atoms with Gasteiger partial charge in [-0.15, -0.1) is 11.3 Å². The molecule has 1 aliphatic carbocycles. The lowest BCUT2D eigenvalue weighted by Crippen LogP contribution is -2.30. The molecular formula is C13H18N2OS. The van der Waals surface area contributed by atoms with E-state index in [-0.39, 0.29) is 17.9 Å². The highest BCUT2D eigenvalue weighted by Gasteiger charge is 2.22. The maximum atomic E-state index is 11.9. The van der Waals surface area contributed by atoms with Gasteiger partial charge in [0.05, 0.1) is 12.5 Å². The minimum atomic E-state index is -0.0463. The Kier molecular flexibility index (Phi) is 3.97. The Balaban J connectivity index is 1.86. The van der Waals surface area contributed by atoms with Crippen LogP contribution >= 0.6 is 11.3 Å². The van der Waals surface area contributed by atoms with Crippen LogP contribution in [0.5, 0.6) is 0 Å². The van der Waals surface area contributed by atoms with Crippen LogP contribution < -0.4 is 11.1 Å². The van der Waals surface area contributed by atoms with Crippen molar-refractivity contribution < 1.29 is 4.79 Å². The third-order valence-electron chi connectivity index (χ3n) is 3.10. The minimum Gasteiger partial charge on any atom is -0.351 e. The molecule has 3 nitrogen and oxygen atoms in total. The fraction of sp³-hybridized carbons (Fsp3) is 0.462. The van der Waals surface area contributed by atoms with E-state index in [1.807, 2.05) is 12.2 Å². The van der Waals surface area contributed by atoms with Crippen LogP contribution in [-0.4, -0.2) is 11.9 Å². The van der Waals surface area contributed by atoms with Crippen molar-refractivity contribution in [3.63, 3.8) is 0 Å². The average Bonchev–Trinajstić information content (AvgIpc) is 2.94. The van der Waals surface area contributed by atoms with Gasteiger partial charge in [-0.3, -0.25) is 4.79 Å². The van der Waals surface area contributed by atoms with E-state index < -0.39 is 0 Å². The summed E-state index contributed by atoms with van der Waals surface area (Å²) in [4.78, 5) is 13.1. The van der Waals surface area contributed by atoms with Crippen LogP contribution in [0.1, 0.15) is 23.8 Å². The van der Waals surface area contributed by atoms with E-state index >= 15 is 0 Å². The molecule has 0 saturated carbocycles. The smallest absolute Gasteiger partial charge is 0.227 e. The molecule has 2 unspecified atom stereocenters. The molecule has 1 aromatic heterocycles. The van der Waals surface area contributed by atoms with Gasteiger partial charge >= 0.3 is 0 Å². The van der Waals surface area contributed by atoms with Crippen molar-refractivity contribution in [3.05, 3.63) is 34.0 Å². The molecule has 17 heavy (non-hydrogen) atoms. The van der Waals surface area contributed by atoms with Gasteiger partial charge in [-0.25, -0.2) is 0 Å². The SMILES string of the molecule is CCc1ccsc1CNC(=O)C1C=CC(N)C1. The van der Waals surface area contributed by atoms with Gasteiger partial charge in [0, 0.05) is 10.9 Å². The van der Waals surface area contributed by atoms with Crippen molar-refractivity contribution in [2.75, 3.05) is 0 Å². The molecule has 0 aromatic carbocycles. The fourth-order valence-corrected chi connectivity index (χ4v) is 2.97. The zero-order valence-electron chi connectivity index (χ0n) is 9.98. The summed E-state index contributed by atoms with van der Waals surface area (Å²) in [5.74, 6) is 0.0414. The predicted molar refractivity (Wildman–Crippen MR) is 70.8 cm³/mol. The Morgan fingerprint density at radius 3 is 3.06 bits per heavy atom.